The fourth-order valence-corrected chi connectivity index (χ4v) is 2.33. The van der Waals surface area contributed by atoms with Gasteiger partial charge in [0.05, 0.1) is 6.04 Å². The molecular formula is C13H29N3OS. The molecule has 0 heterocycles. The SMILES string of the molecule is CSCC[C@H](N)C(=O)NC(C)C(C)(C)CN(C)C. The standard InChI is InChI=1S/C13H29N3OS/c1-10(13(2,3)9-16(4)5)15-12(17)11(14)7-8-18-6/h10-11H,7-9,14H2,1-6H3,(H,15,17)/t10?,11-/m0/s1. The van der Waals surface area contributed by atoms with Crippen LogP contribution in [-0.2, 0) is 4.79 Å². The number of nitrogens with one attached hydrogen (secondary N) is 1. The Morgan fingerprint density at radius 3 is 2.44 bits per heavy atom. The average molecular weight is 275 g/mol. The predicted molar refractivity (Wildman–Crippen MR) is 80.9 cm³/mol. The highest BCUT2D eigenvalue weighted by Crippen LogP contribution is 2.21. The first-order chi connectivity index (χ1) is 8.20. The largest absolute Gasteiger partial charge is 0.352 e. The van der Waals surface area contributed by atoms with Crippen molar-refractivity contribution >= 4 is 17.7 Å². The third-order valence-corrected chi connectivity index (χ3v) is 3.87. The number of carbonyl (C=O) groups is 1. The molecule has 108 valence electrons. The first-order valence-electron chi connectivity index (χ1n) is 6.40. The Morgan fingerprint density at radius 2 is 2.00 bits per heavy atom. The number of hydrogen-bond donors (Lipinski definition) is 2. The van der Waals surface area contributed by atoms with Crippen molar-refractivity contribution in [2.24, 2.45) is 11.1 Å². The Hall–Kier alpha value is -0.260. The minimum absolute atomic E-state index is 0.0262. The monoisotopic (exact) mass is 275 g/mol. The molecule has 18 heavy (non-hydrogen) atoms. The highest BCUT2D eigenvalue weighted by Gasteiger charge is 2.28. The van der Waals surface area contributed by atoms with E-state index in [0.717, 1.165) is 18.7 Å². The van der Waals surface area contributed by atoms with E-state index in [2.05, 4.69) is 24.1 Å². The van der Waals surface area contributed by atoms with E-state index >= 15 is 0 Å². The summed E-state index contributed by atoms with van der Waals surface area (Å²) < 4.78 is 0. The van der Waals surface area contributed by atoms with Gasteiger partial charge in [-0.05, 0) is 44.9 Å². The first kappa shape index (κ1) is 17.7. The van der Waals surface area contributed by atoms with Gasteiger partial charge in [-0.15, -0.1) is 0 Å². The molecule has 0 rings (SSSR count). The third-order valence-electron chi connectivity index (χ3n) is 3.22. The van der Waals surface area contributed by atoms with Crippen molar-refractivity contribution in [1.82, 2.24) is 10.2 Å². The molecule has 5 heteroatoms. The Morgan fingerprint density at radius 1 is 1.44 bits per heavy atom. The molecule has 1 unspecified atom stereocenters. The van der Waals surface area contributed by atoms with Gasteiger partial charge < -0.3 is 16.0 Å². The normalized spacial score (nSPS) is 15.6. The van der Waals surface area contributed by atoms with Crippen LogP contribution in [0.25, 0.3) is 0 Å². The topological polar surface area (TPSA) is 58.4 Å². The summed E-state index contributed by atoms with van der Waals surface area (Å²) in [5.74, 6) is 0.882. The summed E-state index contributed by atoms with van der Waals surface area (Å²) in [6, 6.07) is -0.289. The highest BCUT2D eigenvalue weighted by molar-refractivity contribution is 7.98. The fourth-order valence-electron chi connectivity index (χ4n) is 1.84. The van der Waals surface area contributed by atoms with Gasteiger partial charge in [0.15, 0.2) is 0 Å². The van der Waals surface area contributed by atoms with E-state index in [0.29, 0.717) is 0 Å². The van der Waals surface area contributed by atoms with E-state index in [4.69, 9.17) is 5.73 Å². The van der Waals surface area contributed by atoms with Gasteiger partial charge in [-0.2, -0.15) is 11.8 Å². The Bertz CT molecular complexity index is 257. The molecule has 0 aromatic heterocycles. The second-order valence-electron chi connectivity index (χ2n) is 5.84. The smallest absolute Gasteiger partial charge is 0.237 e. The lowest BCUT2D eigenvalue weighted by Crippen LogP contribution is -2.51. The van der Waals surface area contributed by atoms with Crippen molar-refractivity contribution in [1.29, 1.82) is 0 Å². The molecule has 0 aliphatic heterocycles. The van der Waals surface area contributed by atoms with Gasteiger partial charge in [-0.25, -0.2) is 0 Å². The van der Waals surface area contributed by atoms with Gasteiger partial charge >= 0.3 is 0 Å². The van der Waals surface area contributed by atoms with E-state index in [1.54, 1.807) is 11.8 Å². The zero-order chi connectivity index (χ0) is 14.3. The van der Waals surface area contributed by atoms with Crippen LogP contribution in [0.2, 0.25) is 0 Å². The summed E-state index contributed by atoms with van der Waals surface area (Å²) in [5, 5.41) is 3.03. The van der Waals surface area contributed by atoms with Crippen LogP contribution in [0.4, 0.5) is 0 Å². The Labute approximate surface area is 116 Å². The van der Waals surface area contributed by atoms with Crippen molar-refractivity contribution in [3.63, 3.8) is 0 Å². The van der Waals surface area contributed by atoms with Gasteiger partial charge in [0.25, 0.3) is 0 Å². The highest BCUT2D eigenvalue weighted by atomic mass is 32.2. The minimum atomic E-state index is -0.393. The number of rotatable bonds is 8. The molecule has 0 saturated carbocycles. The summed E-state index contributed by atoms with van der Waals surface area (Å²) in [7, 11) is 4.08. The lowest BCUT2D eigenvalue weighted by atomic mass is 9.84. The maximum Gasteiger partial charge on any atom is 0.237 e. The van der Waals surface area contributed by atoms with Crippen LogP contribution in [0.15, 0.2) is 0 Å². The molecular weight excluding hydrogens is 246 g/mol. The van der Waals surface area contributed by atoms with Crippen molar-refractivity contribution < 1.29 is 4.79 Å². The average Bonchev–Trinajstić information content (AvgIpc) is 2.23. The molecule has 0 aliphatic rings. The van der Waals surface area contributed by atoms with Gasteiger partial charge in [-0.1, -0.05) is 13.8 Å². The number of nitrogens with zero attached hydrogens (tertiary/aromatic N) is 1. The van der Waals surface area contributed by atoms with Gasteiger partial charge in [0.1, 0.15) is 0 Å². The molecule has 0 radical (unpaired) electrons. The number of hydrogen-bond acceptors (Lipinski definition) is 4. The molecule has 4 nitrogen and oxygen atoms in total. The van der Waals surface area contributed by atoms with Gasteiger partial charge in [0, 0.05) is 12.6 Å². The zero-order valence-corrected chi connectivity index (χ0v) is 13.4. The van der Waals surface area contributed by atoms with Crippen LogP contribution < -0.4 is 11.1 Å². The van der Waals surface area contributed by atoms with E-state index < -0.39 is 6.04 Å². The van der Waals surface area contributed by atoms with Crippen molar-refractivity contribution in [2.75, 3.05) is 32.6 Å². The lowest BCUT2D eigenvalue weighted by molar-refractivity contribution is -0.123. The molecule has 3 N–H and O–H groups in total. The first-order valence-corrected chi connectivity index (χ1v) is 7.79. The van der Waals surface area contributed by atoms with E-state index in [9.17, 15) is 4.79 Å². The Kier molecular flexibility index (Phi) is 7.90. The Balaban J connectivity index is 4.28. The van der Waals surface area contributed by atoms with Crippen LogP contribution in [0, 0.1) is 5.41 Å². The second-order valence-corrected chi connectivity index (χ2v) is 6.83. The molecule has 1 amide bonds. The fraction of sp³-hybridized carbons (Fsp3) is 0.923. The summed E-state index contributed by atoms with van der Waals surface area (Å²) in [6.45, 7) is 7.29. The number of thioether (sulfide) groups is 1. The van der Waals surface area contributed by atoms with Crippen LogP contribution in [0.1, 0.15) is 27.2 Å². The number of carbonyl (C=O) groups excluding carboxylic acids is 1. The molecule has 0 bridgehead atoms. The summed E-state index contributed by atoms with van der Waals surface area (Å²) in [4.78, 5) is 14.1. The predicted octanol–water partition coefficient (Wildman–Crippen LogP) is 1.16. The lowest BCUT2D eigenvalue weighted by Gasteiger charge is -2.35. The van der Waals surface area contributed by atoms with Gasteiger partial charge in [-0.3, -0.25) is 4.79 Å². The molecule has 0 aliphatic carbocycles. The van der Waals surface area contributed by atoms with E-state index in [1.165, 1.54) is 0 Å². The molecule has 0 fully saturated rings. The number of amides is 1. The van der Waals surface area contributed by atoms with Crippen LogP contribution >= 0.6 is 11.8 Å². The zero-order valence-electron chi connectivity index (χ0n) is 12.6. The quantitative estimate of drug-likeness (QED) is 0.698. The van der Waals surface area contributed by atoms with Crippen LogP contribution in [-0.4, -0.2) is 55.5 Å². The molecule has 2 atom stereocenters. The summed E-state index contributed by atoms with van der Waals surface area (Å²) in [5.41, 5.74) is 5.89. The van der Waals surface area contributed by atoms with Crippen LogP contribution in [0.3, 0.4) is 0 Å². The maximum absolute atomic E-state index is 11.9. The molecule has 0 saturated heterocycles. The number of nitrogens with two attached hydrogens (primary N) is 1. The molecule has 0 spiro atoms. The van der Waals surface area contributed by atoms with Crippen molar-refractivity contribution in [2.45, 2.75) is 39.3 Å². The summed E-state index contributed by atoms with van der Waals surface area (Å²) in [6.07, 6.45) is 2.75. The summed E-state index contributed by atoms with van der Waals surface area (Å²) >= 11 is 1.71. The minimum Gasteiger partial charge on any atom is -0.352 e. The van der Waals surface area contributed by atoms with Crippen LogP contribution in [0.5, 0.6) is 0 Å². The second kappa shape index (κ2) is 8.02. The maximum atomic E-state index is 11.9. The van der Waals surface area contributed by atoms with Crippen molar-refractivity contribution in [3.8, 4) is 0 Å². The van der Waals surface area contributed by atoms with E-state index in [1.807, 2.05) is 27.3 Å². The molecule has 0 aromatic rings. The third kappa shape index (κ3) is 6.61. The van der Waals surface area contributed by atoms with Crippen molar-refractivity contribution in [3.05, 3.63) is 0 Å². The molecule has 0 aromatic carbocycles. The van der Waals surface area contributed by atoms with E-state index in [-0.39, 0.29) is 17.4 Å². The van der Waals surface area contributed by atoms with Gasteiger partial charge in [0.2, 0.25) is 5.91 Å².